The smallest absolute Gasteiger partial charge is 0.222 e. The molecule has 0 bridgehead atoms. The van der Waals surface area contributed by atoms with Crippen LogP contribution in [0.15, 0.2) is 0 Å². The topological polar surface area (TPSA) is 58.4 Å². The highest BCUT2D eigenvalue weighted by atomic mass is 16.2. The Kier molecular flexibility index (Phi) is 6.36. The molecule has 0 aliphatic carbocycles. The van der Waals surface area contributed by atoms with Gasteiger partial charge in [0.15, 0.2) is 0 Å². The van der Waals surface area contributed by atoms with Gasteiger partial charge in [-0.25, -0.2) is 0 Å². The zero-order valence-electron chi connectivity index (χ0n) is 9.50. The number of likely N-dealkylation sites (tertiary alicyclic amines) is 1. The van der Waals surface area contributed by atoms with E-state index in [1.165, 1.54) is 0 Å². The van der Waals surface area contributed by atoms with Crippen LogP contribution < -0.4 is 11.1 Å². The Morgan fingerprint density at radius 1 is 1.27 bits per heavy atom. The molecule has 0 atom stereocenters. The first-order valence-electron chi connectivity index (χ1n) is 6.03. The summed E-state index contributed by atoms with van der Waals surface area (Å²) in [5.74, 6) is 0.332. The second-order valence-corrected chi connectivity index (χ2v) is 4.08. The van der Waals surface area contributed by atoms with Crippen LogP contribution >= 0.6 is 0 Å². The van der Waals surface area contributed by atoms with Crippen LogP contribution in [0.3, 0.4) is 0 Å². The van der Waals surface area contributed by atoms with Crippen molar-refractivity contribution in [2.24, 2.45) is 5.73 Å². The predicted molar refractivity (Wildman–Crippen MR) is 61.6 cm³/mol. The third kappa shape index (κ3) is 5.14. The number of unbranched alkanes of at least 4 members (excludes halogenated alkanes) is 1. The maximum Gasteiger partial charge on any atom is 0.222 e. The quantitative estimate of drug-likeness (QED) is 0.571. The molecule has 1 aliphatic rings. The van der Waals surface area contributed by atoms with Crippen LogP contribution in [0.4, 0.5) is 0 Å². The van der Waals surface area contributed by atoms with Crippen molar-refractivity contribution in [2.45, 2.75) is 32.1 Å². The molecule has 15 heavy (non-hydrogen) atoms. The van der Waals surface area contributed by atoms with Gasteiger partial charge in [-0.2, -0.15) is 0 Å². The van der Waals surface area contributed by atoms with Crippen molar-refractivity contribution in [3.63, 3.8) is 0 Å². The average molecular weight is 213 g/mol. The van der Waals surface area contributed by atoms with Gasteiger partial charge in [-0.1, -0.05) is 0 Å². The number of carbonyl (C=O) groups is 1. The lowest BCUT2D eigenvalue weighted by atomic mass is 10.3. The second kappa shape index (κ2) is 7.65. The van der Waals surface area contributed by atoms with Crippen molar-refractivity contribution >= 4 is 5.91 Å². The number of hydrogen-bond donors (Lipinski definition) is 2. The molecule has 1 aliphatic heterocycles. The van der Waals surface area contributed by atoms with E-state index in [0.29, 0.717) is 5.91 Å². The van der Waals surface area contributed by atoms with Crippen LogP contribution in [0, 0.1) is 0 Å². The Morgan fingerprint density at radius 3 is 2.73 bits per heavy atom. The minimum absolute atomic E-state index is 0.332. The molecule has 0 spiro atoms. The summed E-state index contributed by atoms with van der Waals surface area (Å²) in [4.78, 5) is 13.2. The van der Waals surface area contributed by atoms with Gasteiger partial charge in [-0.15, -0.1) is 0 Å². The van der Waals surface area contributed by atoms with Gasteiger partial charge >= 0.3 is 0 Å². The van der Waals surface area contributed by atoms with Gasteiger partial charge in [0.2, 0.25) is 5.91 Å². The zero-order chi connectivity index (χ0) is 10.9. The third-order valence-corrected chi connectivity index (χ3v) is 2.76. The predicted octanol–water partition coefficient (Wildman–Crippen LogP) is 0.327. The maximum atomic E-state index is 11.3. The number of rotatable bonds is 8. The summed E-state index contributed by atoms with van der Waals surface area (Å²) in [7, 11) is 0. The van der Waals surface area contributed by atoms with E-state index < -0.39 is 0 Å². The molecule has 0 radical (unpaired) electrons. The molecule has 0 aromatic rings. The van der Waals surface area contributed by atoms with Crippen molar-refractivity contribution in [3.8, 4) is 0 Å². The molecule has 0 unspecified atom stereocenters. The summed E-state index contributed by atoms with van der Waals surface area (Å²) in [6, 6.07) is 0. The lowest BCUT2D eigenvalue weighted by Crippen LogP contribution is -2.28. The SMILES string of the molecule is NCCCCNCCCN1CCCC1=O. The first kappa shape index (κ1) is 12.5. The van der Waals surface area contributed by atoms with Crippen LogP contribution in [-0.4, -0.2) is 43.5 Å². The second-order valence-electron chi connectivity index (χ2n) is 4.08. The molecular formula is C11H23N3O. The van der Waals surface area contributed by atoms with Crippen molar-refractivity contribution < 1.29 is 4.79 Å². The van der Waals surface area contributed by atoms with Gasteiger partial charge < -0.3 is 16.0 Å². The van der Waals surface area contributed by atoms with Gasteiger partial charge in [0.05, 0.1) is 0 Å². The molecule has 1 saturated heterocycles. The molecule has 1 heterocycles. The molecule has 88 valence electrons. The molecule has 3 N–H and O–H groups in total. The summed E-state index contributed by atoms with van der Waals surface area (Å²) >= 11 is 0. The number of nitrogens with zero attached hydrogens (tertiary/aromatic N) is 1. The fourth-order valence-electron chi connectivity index (χ4n) is 1.85. The van der Waals surface area contributed by atoms with Gasteiger partial charge in [0, 0.05) is 19.5 Å². The summed E-state index contributed by atoms with van der Waals surface area (Å²) in [5, 5.41) is 3.37. The van der Waals surface area contributed by atoms with E-state index in [9.17, 15) is 4.79 Å². The van der Waals surface area contributed by atoms with E-state index in [-0.39, 0.29) is 0 Å². The molecule has 4 heteroatoms. The fourth-order valence-corrected chi connectivity index (χ4v) is 1.85. The number of hydrogen-bond acceptors (Lipinski definition) is 3. The van der Waals surface area contributed by atoms with E-state index in [1.54, 1.807) is 0 Å². The van der Waals surface area contributed by atoms with Crippen LogP contribution in [0.1, 0.15) is 32.1 Å². The first-order valence-corrected chi connectivity index (χ1v) is 6.03. The fraction of sp³-hybridized carbons (Fsp3) is 0.909. The third-order valence-electron chi connectivity index (χ3n) is 2.76. The zero-order valence-corrected chi connectivity index (χ0v) is 9.50. The number of amides is 1. The van der Waals surface area contributed by atoms with Crippen LogP contribution in [0.2, 0.25) is 0 Å². The highest BCUT2D eigenvalue weighted by Crippen LogP contribution is 2.09. The van der Waals surface area contributed by atoms with E-state index in [1.807, 2.05) is 4.90 Å². The lowest BCUT2D eigenvalue weighted by molar-refractivity contribution is -0.127. The van der Waals surface area contributed by atoms with E-state index in [0.717, 1.165) is 64.8 Å². The van der Waals surface area contributed by atoms with E-state index in [2.05, 4.69) is 5.32 Å². The normalized spacial score (nSPS) is 16.3. The van der Waals surface area contributed by atoms with Gasteiger partial charge in [0.1, 0.15) is 0 Å². The standard InChI is InChI=1S/C11H23N3O/c12-6-1-2-7-13-8-4-10-14-9-3-5-11(14)15/h13H,1-10,12H2. The van der Waals surface area contributed by atoms with Gasteiger partial charge in [-0.3, -0.25) is 4.79 Å². The Morgan fingerprint density at radius 2 is 2.07 bits per heavy atom. The highest BCUT2D eigenvalue weighted by molar-refractivity contribution is 5.77. The molecule has 0 saturated carbocycles. The van der Waals surface area contributed by atoms with Crippen molar-refractivity contribution in [1.29, 1.82) is 0 Å². The molecule has 0 aromatic carbocycles. The van der Waals surface area contributed by atoms with Crippen molar-refractivity contribution in [1.82, 2.24) is 10.2 Å². The Balaban J connectivity index is 1.86. The van der Waals surface area contributed by atoms with Crippen LogP contribution in [0.5, 0.6) is 0 Å². The molecule has 1 amide bonds. The largest absolute Gasteiger partial charge is 0.343 e. The number of nitrogens with one attached hydrogen (secondary N) is 1. The Hall–Kier alpha value is -0.610. The van der Waals surface area contributed by atoms with E-state index in [4.69, 9.17) is 5.73 Å². The molecule has 0 aromatic heterocycles. The molecule has 4 nitrogen and oxygen atoms in total. The molecule has 1 rings (SSSR count). The minimum atomic E-state index is 0.332. The van der Waals surface area contributed by atoms with Gasteiger partial charge in [0.25, 0.3) is 0 Å². The van der Waals surface area contributed by atoms with Crippen LogP contribution in [0.25, 0.3) is 0 Å². The lowest BCUT2D eigenvalue weighted by Gasteiger charge is -2.15. The molecular weight excluding hydrogens is 190 g/mol. The monoisotopic (exact) mass is 213 g/mol. The summed E-state index contributed by atoms with van der Waals surface area (Å²) in [6.45, 7) is 4.72. The summed E-state index contributed by atoms with van der Waals surface area (Å²) in [6.07, 6.45) is 5.11. The summed E-state index contributed by atoms with van der Waals surface area (Å²) < 4.78 is 0. The molecule has 1 fully saturated rings. The van der Waals surface area contributed by atoms with E-state index >= 15 is 0 Å². The maximum absolute atomic E-state index is 11.3. The summed E-state index contributed by atoms with van der Waals surface area (Å²) in [5.41, 5.74) is 5.40. The Labute approximate surface area is 92.2 Å². The van der Waals surface area contributed by atoms with Crippen molar-refractivity contribution in [2.75, 3.05) is 32.7 Å². The minimum Gasteiger partial charge on any atom is -0.343 e. The highest BCUT2D eigenvalue weighted by Gasteiger charge is 2.18. The average Bonchev–Trinajstić information content (AvgIpc) is 2.63. The Bertz CT molecular complexity index is 185. The van der Waals surface area contributed by atoms with Crippen molar-refractivity contribution in [3.05, 3.63) is 0 Å². The first-order chi connectivity index (χ1) is 7.34. The number of nitrogens with two attached hydrogens (primary N) is 1. The van der Waals surface area contributed by atoms with Crippen LogP contribution in [-0.2, 0) is 4.79 Å². The van der Waals surface area contributed by atoms with Gasteiger partial charge in [-0.05, 0) is 45.3 Å². The number of carbonyl (C=O) groups excluding carboxylic acids is 1.